The Morgan fingerprint density at radius 3 is 2.73 bits per heavy atom. The molecule has 1 unspecified atom stereocenters. The second-order valence-electron chi connectivity index (χ2n) is 7.01. The van der Waals surface area contributed by atoms with Crippen molar-refractivity contribution < 1.29 is 9.53 Å². The summed E-state index contributed by atoms with van der Waals surface area (Å²) in [5.74, 6) is 0.139. The molecular formula is C18H28N2O2. The van der Waals surface area contributed by atoms with Gasteiger partial charge in [-0.05, 0) is 63.1 Å². The summed E-state index contributed by atoms with van der Waals surface area (Å²) in [4.78, 5) is 11.8. The van der Waals surface area contributed by atoms with Crippen LogP contribution in [0.15, 0.2) is 18.2 Å². The fourth-order valence-electron chi connectivity index (χ4n) is 3.03. The molecule has 0 bridgehead atoms. The third-order valence-electron chi connectivity index (χ3n) is 4.05. The first kappa shape index (κ1) is 16.8. The van der Waals surface area contributed by atoms with Crippen molar-refractivity contribution in [1.29, 1.82) is 0 Å². The maximum Gasteiger partial charge on any atom is 0.407 e. The molecule has 1 aromatic carbocycles. The van der Waals surface area contributed by atoms with Crippen molar-refractivity contribution in [1.82, 2.24) is 5.32 Å². The standard InChI is InChI=1S/C18H28N2O2/c1-18(2,3)22-17(21)20-12-14(11-19)16-10-6-8-13-7-4-5-9-15(13)16/h6,8,10,14H,4-5,7,9,11-12,19H2,1-3H3,(H,20,21). The highest BCUT2D eigenvalue weighted by Crippen LogP contribution is 2.28. The number of ether oxygens (including phenoxy) is 1. The molecule has 1 amide bonds. The van der Waals surface area contributed by atoms with Gasteiger partial charge in [-0.3, -0.25) is 0 Å². The number of hydrogen-bond donors (Lipinski definition) is 2. The first-order valence-electron chi connectivity index (χ1n) is 8.18. The first-order valence-corrected chi connectivity index (χ1v) is 8.18. The lowest BCUT2D eigenvalue weighted by Crippen LogP contribution is -2.36. The minimum absolute atomic E-state index is 0.139. The van der Waals surface area contributed by atoms with E-state index in [1.807, 2.05) is 20.8 Å². The van der Waals surface area contributed by atoms with Gasteiger partial charge in [0.1, 0.15) is 5.60 Å². The number of hydrogen-bond acceptors (Lipinski definition) is 3. The number of fused-ring (bicyclic) bond motifs is 1. The SMILES string of the molecule is CC(C)(C)OC(=O)NCC(CN)c1cccc2c1CCCC2. The van der Waals surface area contributed by atoms with Crippen LogP contribution in [0.2, 0.25) is 0 Å². The normalized spacial score (nSPS) is 15.8. The van der Waals surface area contributed by atoms with Gasteiger partial charge in [0, 0.05) is 19.0 Å². The van der Waals surface area contributed by atoms with Crippen molar-refractivity contribution in [2.24, 2.45) is 5.73 Å². The predicted octanol–water partition coefficient (Wildman–Crippen LogP) is 3.13. The van der Waals surface area contributed by atoms with Gasteiger partial charge >= 0.3 is 6.09 Å². The van der Waals surface area contributed by atoms with Crippen LogP contribution in [0, 0.1) is 0 Å². The molecule has 4 nitrogen and oxygen atoms in total. The van der Waals surface area contributed by atoms with Gasteiger partial charge in [-0.25, -0.2) is 4.79 Å². The van der Waals surface area contributed by atoms with Crippen LogP contribution in [-0.2, 0) is 17.6 Å². The van der Waals surface area contributed by atoms with Crippen LogP contribution in [0.1, 0.15) is 56.2 Å². The Hall–Kier alpha value is -1.55. The van der Waals surface area contributed by atoms with Crippen LogP contribution in [-0.4, -0.2) is 24.8 Å². The van der Waals surface area contributed by atoms with Gasteiger partial charge in [-0.15, -0.1) is 0 Å². The Morgan fingerprint density at radius 2 is 2.05 bits per heavy atom. The number of nitrogens with two attached hydrogens (primary N) is 1. The molecule has 3 N–H and O–H groups in total. The number of benzene rings is 1. The molecule has 0 fully saturated rings. The number of aryl methyl sites for hydroxylation is 1. The lowest BCUT2D eigenvalue weighted by Gasteiger charge is -2.25. The zero-order valence-corrected chi connectivity index (χ0v) is 13.9. The zero-order chi connectivity index (χ0) is 16.2. The van der Waals surface area contributed by atoms with Crippen molar-refractivity contribution in [2.45, 2.75) is 58.0 Å². The largest absolute Gasteiger partial charge is 0.444 e. The summed E-state index contributed by atoms with van der Waals surface area (Å²) >= 11 is 0. The lowest BCUT2D eigenvalue weighted by atomic mass is 9.83. The Balaban J connectivity index is 2.05. The van der Waals surface area contributed by atoms with E-state index >= 15 is 0 Å². The number of amides is 1. The van der Waals surface area contributed by atoms with Gasteiger partial charge in [0.05, 0.1) is 0 Å². The highest BCUT2D eigenvalue weighted by molar-refractivity contribution is 5.67. The molecule has 0 aromatic heterocycles. The summed E-state index contributed by atoms with van der Waals surface area (Å²) in [6, 6.07) is 6.47. The van der Waals surface area contributed by atoms with Crippen LogP contribution < -0.4 is 11.1 Å². The van der Waals surface area contributed by atoms with E-state index in [0.717, 1.165) is 12.8 Å². The van der Waals surface area contributed by atoms with Gasteiger partial charge in [-0.1, -0.05) is 18.2 Å². The van der Waals surface area contributed by atoms with Gasteiger partial charge < -0.3 is 15.8 Å². The Kier molecular flexibility index (Phi) is 5.46. The van der Waals surface area contributed by atoms with Gasteiger partial charge in [-0.2, -0.15) is 0 Å². The van der Waals surface area contributed by atoms with Crippen molar-refractivity contribution in [3.8, 4) is 0 Å². The molecule has 0 radical (unpaired) electrons. The Labute approximate surface area is 133 Å². The number of alkyl carbamates (subject to hydrolysis) is 1. The molecule has 1 aliphatic rings. The average molecular weight is 304 g/mol. The summed E-state index contributed by atoms with van der Waals surface area (Å²) in [6.45, 7) is 6.62. The van der Waals surface area contributed by atoms with Crippen LogP contribution in [0.3, 0.4) is 0 Å². The van der Waals surface area contributed by atoms with E-state index in [1.54, 1.807) is 0 Å². The van der Waals surface area contributed by atoms with Crippen molar-refractivity contribution in [3.63, 3.8) is 0 Å². The van der Waals surface area contributed by atoms with Crippen molar-refractivity contribution >= 4 is 6.09 Å². The fourth-order valence-corrected chi connectivity index (χ4v) is 3.03. The van der Waals surface area contributed by atoms with Crippen LogP contribution >= 0.6 is 0 Å². The van der Waals surface area contributed by atoms with E-state index in [9.17, 15) is 4.79 Å². The lowest BCUT2D eigenvalue weighted by molar-refractivity contribution is 0.0525. The van der Waals surface area contributed by atoms with E-state index in [-0.39, 0.29) is 12.0 Å². The highest BCUT2D eigenvalue weighted by Gasteiger charge is 2.21. The van der Waals surface area contributed by atoms with Crippen LogP contribution in [0.5, 0.6) is 0 Å². The molecule has 0 saturated carbocycles. The smallest absolute Gasteiger partial charge is 0.407 e. The molecular weight excluding hydrogens is 276 g/mol. The topological polar surface area (TPSA) is 64.3 Å². The van der Waals surface area contributed by atoms with Crippen molar-refractivity contribution in [2.75, 3.05) is 13.1 Å². The maximum atomic E-state index is 11.8. The zero-order valence-electron chi connectivity index (χ0n) is 13.9. The predicted molar refractivity (Wildman–Crippen MR) is 89.1 cm³/mol. The summed E-state index contributed by atoms with van der Waals surface area (Å²) in [5, 5.41) is 2.85. The third-order valence-corrected chi connectivity index (χ3v) is 4.05. The Morgan fingerprint density at radius 1 is 1.32 bits per heavy atom. The number of nitrogens with one attached hydrogen (secondary N) is 1. The molecule has 0 saturated heterocycles. The van der Waals surface area contributed by atoms with Gasteiger partial charge in [0.15, 0.2) is 0 Å². The van der Waals surface area contributed by atoms with E-state index in [1.165, 1.54) is 29.5 Å². The first-order chi connectivity index (χ1) is 10.4. The number of carbonyl (C=O) groups excluding carboxylic acids is 1. The maximum absolute atomic E-state index is 11.8. The van der Waals surface area contributed by atoms with Gasteiger partial charge in [0.25, 0.3) is 0 Å². The van der Waals surface area contributed by atoms with E-state index < -0.39 is 5.60 Å². The monoisotopic (exact) mass is 304 g/mol. The molecule has 1 atom stereocenters. The number of carbonyl (C=O) groups is 1. The minimum atomic E-state index is -0.478. The van der Waals surface area contributed by atoms with Crippen molar-refractivity contribution in [3.05, 3.63) is 34.9 Å². The summed E-state index contributed by atoms with van der Waals surface area (Å²) in [5.41, 5.74) is 9.65. The quantitative estimate of drug-likeness (QED) is 0.898. The Bertz CT molecular complexity index is 520. The van der Waals surface area contributed by atoms with E-state index in [0.29, 0.717) is 13.1 Å². The second-order valence-corrected chi connectivity index (χ2v) is 7.01. The van der Waals surface area contributed by atoms with Gasteiger partial charge in [0.2, 0.25) is 0 Å². The fraction of sp³-hybridized carbons (Fsp3) is 0.611. The van der Waals surface area contributed by atoms with Crippen LogP contribution in [0.4, 0.5) is 4.79 Å². The van der Waals surface area contributed by atoms with E-state index in [2.05, 4.69) is 23.5 Å². The molecule has 4 heteroatoms. The molecule has 0 aliphatic heterocycles. The third kappa shape index (κ3) is 4.47. The summed E-state index contributed by atoms with van der Waals surface area (Å²) < 4.78 is 5.29. The van der Waals surface area contributed by atoms with E-state index in [4.69, 9.17) is 10.5 Å². The molecule has 2 rings (SSSR count). The minimum Gasteiger partial charge on any atom is -0.444 e. The molecule has 1 aromatic rings. The molecule has 0 spiro atoms. The molecule has 0 heterocycles. The molecule has 122 valence electrons. The summed E-state index contributed by atoms with van der Waals surface area (Å²) in [7, 11) is 0. The molecule has 22 heavy (non-hydrogen) atoms. The average Bonchev–Trinajstić information content (AvgIpc) is 2.46. The molecule has 1 aliphatic carbocycles. The van der Waals surface area contributed by atoms with Crippen LogP contribution in [0.25, 0.3) is 0 Å². The second kappa shape index (κ2) is 7.14. The highest BCUT2D eigenvalue weighted by atomic mass is 16.6. The number of rotatable bonds is 4. The summed E-state index contributed by atoms with van der Waals surface area (Å²) in [6.07, 6.45) is 4.39.